The Morgan fingerprint density at radius 3 is 2.20 bits per heavy atom. The highest BCUT2D eigenvalue weighted by atomic mass is 19.4. The molecule has 0 spiro atoms. The quantitative estimate of drug-likeness (QED) is 0.926. The van der Waals surface area contributed by atoms with Crippen molar-refractivity contribution in [1.29, 1.82) is 0 Å². The molecule has 0 heterocycles. The second-order valence-corrected chi connectivity index (χ2v) is 4.64. The number of hydrogen-bond acceptors (Lipinski definition) is 3. The van der Waals surface area contributed by atoms with Crippen LogP contribution in [-0.2, 0) is 16.4 Å². The summed E-state index contributed by atoms with van der Waals surface area (Å²) in [6.07, 6.45) is -4.02. The van der Waals surface area contributed by atoms with E-state index in [9.17, 15) is 23.1 Å². The van der Waals surface area contributed by atoms with E-state index in [1.54, 1.807) is 0 Å². The van der Waals surface area contributed by atoms with Crippen molar-refractivity contribution in [3.63, 3.8) is 0 Å². The lowest BCUT2D eigenvalue weighted by atomic mass is 9.93. The summed E-state index contributed by atoms with van der Waals surface area (Å²) in [4.78, 5) is 11.2. The summed E-state index contributed by atoms with van der Waals surface area (Å²) in [5, 5.41) is 9.19. The van der Waals surface area contributed by atoms with Crippen LogP contribution >= 0.6 is 0 Å². The summed E-state index contributed by atoms with van der Waals surface area (Å²) >= 11 is 0. The number of carbonyl (C=O) groups is 1. The van der Waals surface area contributed by atoms with Crippen molar-refractivity contribution in [2.45, 2.75) is 24.4 Å². The van der Waals surface area contributed by atoms with Gasteiger partial charge in [0.15, 0.2) is 11.5 Å². The molecule has 0 bridgehead atoms. The molecule has 1 aliphatic carbocycles. The molecule has 4 nitrogen and oxygen atoms in total. The van der Waals surface area contributed by atoms with Crippen LogP contribution in [-0.4, -0.2) is 25.3 Å². The first-order valence-corrected chi connectivity index (χ1v) is 5.83. The highest BCUT2D eigenvalue weighted by Crippen LogP contribution is 2.52. The molecule has 7 heteroatoms. The molecule has 1 fully saturated rings. The Kier molecular flexibility index (Phi) is 3.31. The molecule has 0 saturated heterocycles. The highest BCUT2D eigenvalue weighted by molar-refractivity contribution is 5.85. The zero-order chi connectivity index (χ0) is 15.1. The van der Waals surface area contributed by atoms with Gasteiger partial charge < -0.3 is 14.6 Å². The van der Waals surface area contributed by atoms with Crippen molar-refractivity contribution in [3.05, 3.63) is 23.3 Å². The van der Waals surface area contributed by atoms with E-state index in [0.29, 0.717) is 12.8 Å². The van der Waals surface area contributed by atoms with E-state index in [2.05, 4.69) is 0 Å². The van der Waals surface area contributed by atoms with Gasteiger partial charge in [0.2, 0.25) is 0 Å². The van der Waals surface area contributed by atoms with E-state index in [1.807, 2.05) is 0 Å². The fraction of sp³-hybridized carbons (Fsp3) is 0.462. The molecule has 0 aliphatic heterocycles. The molecule has 0 unspecified atom stereocenters. The lowest BCUT2D eigenvalue weighted by molar-refractivity contribution is -0.141. The number of hydrogen-bond donors (Lipinski definition) is 1. The normalized spacial score (nSPS) is 16.6. The summed E-state index contributed by atoms with van der Waals surface area (Å²) in [6, 6.07) is 2.14. The fourth-order valence-corrected chi connectivity index (χ4v) is 2.20. The molecule has 1 saturated carbocycles. The van der Waals surface area contributed by atoms with Gasteiger partial charge in [0.05, 0.1) is 19.6 Å². The van der Waals surface area contributed by atoms with Crippen molar-refractivity contribution in [3.8, 4) is 11.5 Å². The van der Waals surface area contributed by atoms with E-state index < -0.39 is 28.9 Å². The van der Waals surface area contributed by atoms with Gasteiger partial charge in [-0.1, -0.05) is 0 Å². The summed E-state index contributed by atoms with van der Waals surface area (Å²) in [6.45, 7) is 0. The smallest absolute Gasteiger partial charge is 0.420 e. The predicted molar refractivity (Wildman–Crippen MR) is 63.1 cm³/mol. The highest BCUT2D eigenvalue weighted by Gasteiger charge is 2.53. The number of carboxylic acid groups (broad SMARTS) is 1. The van der Waals surface area contributed by atoms with Crippen molar-refractivity contribution in [2.24, 2.45) is 0 Å². The lowest BCUT2D eigenvalue weighted by Gasteiger charge is -2.19. The van der Waals surface area contributed by atoms with E-state index >= 15 is 0 Å². The van der Waals surface area contributed by atoms with E-state index in [-0.39, 0.29) is 11.3 Å². The van der Waals surface area contributed by atoms with Crippen LogP contribution in [0.1, 0.15) is 24.0 Å². The van der Waals surface area contributed by atoms with Gasteiger partial charge in [0.25, 0.3) is 0 Å². The van der Waals surface area contributed by atoms with Gasteiger partial charge in [-0.25, -0.2) is 0 Å². The van der Waals surface area contributed by atoms with Crippen molar-refractivity contribution < 1.29 is 32.5 Å². The van der Waals surface area contributed by atoms with Crippen LogP contribution < -0.4 is 9.47 Å². The average molecular weight is 290 g/mol. The molecule has 20 heavy (non-hydrogen) atoms. The number of methoxy groups -OCH3 is 2. The van der Waals surface area contributed by atoms with Crippen molar-refractivity contribution in [2.75, 3.05) is 14.2 Å². The number of halogens is 3. The Hall–Kier alpha value is -1.92. The SMILES string of the molecule is COc1cc(C2(C(=O)O)CC2)cc(C(F)(F)F)c1OC. The van der Waals surface area contributed by atoms with Crippen LogP contribution in [0.5, 0.6) is 11.5 Å². The molecule has 0 atom stereocenters. The minimum Gasteiger partial charge on any atom is -0.493 e. The number of carboxylic acids is 1. The van der Waals surface area contributed by atoms with Crippen LogP contribution in [0.15, 0.2) is 12.1 Å². The molecule has 1 aliphatic rings. The van der Waals surface area contributed by atoms with Gasteiger partial charge >= 0.3 is 12.1 Å². The molecular formula is C13H13F3O4. The van der Waals surface area contributed by atoms with E-state index in [0.717, 1.165) is 13.2 Å². The van der Waals surface area contributed by atoms with Crippen LogP contribution in [0.4, 0.5) is 13.2 Å². The molecule has 1 N–H and O–H groups in total. The average Bonchev–Trinajstić information content (AvgIpc) is 3.17. The van der Waals surface area contributed by atoms with Gasteiger partial charge in [-0.15, -0.1) is 0 Å². The van der Waals surface area contributed by atoms with Gasteiger partial charge in [-0.2, -0.15) is 13.2 Å². The number of ether oxygens (including phenoxy) is 2. The van der Waals surface area contributed by atoms with Crippen LogP contribution in [0.25, 0.3) is 0 Å². The molecular weight excluding hydrogens is 277 g/mol. The Balaban J connectivity index is 2.65. The summed E-state index contributed by atoms with van der Waals surface area (Å²) in [5.74, 6) is -1.69. The monoisotopic (exact) mass is 290 g/mol. The topological polar surface area (TPSA) is 55.8 Å². The second kappa shape index (κ2) is 4.57. The maximum atomic E-state index is 13.1. The molecule has 2 rings (SSSR count). The maximum Gasteiger partial charge on any atom is 0.420 e. The first-order chi connectivity index (χ1) is 9.26. The molecule has 0 radical (unpaired) electrons. The zero-order valence-electron chi connectivity index (χ0n) is 10.9. The van der Waals surface area contributed by atoms with Crippen molar-refractivity contribution in [1.82, 2.24) is 0 Å². The number of benzene rings is 1. The third kappa shape index (κ3) is 2.17. The first-order valence-electron chi connectivity index (χ1n) is 5.83. The number of alkyl halides is 3. The van der Waals surface area contributed by atoms with Gasteiger partial charge in [-0.3, -0.25) is 4.79 Å². The standard InChI is InChI=1S/C13H13F3O4/c1-19-9-6-7(12(3-4-12)11(17)18)5-8(10(9)20-2)13(14,15)16/h5-6H,3-4H2,1-2H3,(H,17,18). The predicted octanol–water partition coefficient (Wildman–Crippen LogP) is 2.84. The van der Waals surface area contributed by atoms with Crippen LogP contribution in [0, 0.1) is 0 Å². The van der Waals surface area contributed by atoms with Gasteiger partial charge in [0.1, 0.15) is 5.56 Å². The Morgan fingerprint density at radius 2 is 1.85 bits per heavy atom. The van der Waals surface area contributed by atoms with Crippen LogP contribution in [0.2, 0.25) is 0 Å². The third-order valence-corrected chi connectivity index (χ3v) is 3.50. The largest absolute Gasteiger partial charge is 0.493 e. The molecule has 110 valence electrons. The Bertz CT molecular complexity index is 547. The Morgan fingerprint density at radius 1 is 1.25 bits per heavy atom. The van der Waals surface area contributed by atoms with E-state index in [1.165, 1.54) is 13.2 Å². The lowest BCUT2D eigenvalue weighted by Crippen LogP contribution is -2.21. The molecule has 0 aromatic heterocycles. The second-order valence-electron chi connectivity index (χ2n) is 4.64. The minimum absolute atomic E-state index is 0.0926. The number of rotatable bonds is 4. The summed E-state index contributed by atoms with van der Waals surface area (Å²) in [5.41, 5.74) is -2.17. The minimum atomic E-state index is -4.65. The van der Waals surface area contributed by atoms with Crippen molar-refractivity contribution >= 4 is 5.97 Å². The Labute approximate surface area is 113 Å². The van der Waals surface area contributed by atoms with Crippen LogP contribution in [0.3, 0.4) is 0 Å². The summed E-state index contributed by atoms with van der Waals surface area (Å²) < 4.78 is 48.8. The van der Waals surface area contributed by atoms with Gasteiger partial charge in [0, 0.05) is 0 Å². The maximum absolute atomic E-state index is 13.1. The third-order valence-electron chi connectivity index (χ3n) is 3.50. The molecule has 1 aromatic carbocycles. The number of aliphatic carboxylic acids is 1. The van der Waals surface area contributed by atoms with E-state index in [4.69, 9.17) is 9.47 Å². The van der Waals surface area contributed by atoms with Gasteiger partial charge in [-0.05, 0) is 30.5 Å². The fourth-order valence-electron chi connectivity index (χ4n) is 2.20. The first kappa shape index (κ1) is 14.5. The summed E-state index contributed by atoms with van der Waals surface area (Å²) in [7, 11) is 2.32. The molecule has 0 amide bonds. The molecule has 1 aromatic rings. The zero-order valence-corrected chi connectivity index (χ0v) is 10.9.